The van der Waals surface area contributed by atoms with Crippen LogP contribution in [-0.2, 0) is 0 Å². The average molecular weight is 311 g/mol. The Hall–Kier alpha value is -2.01. The second kappa shape index (κ2) is 5.07. The number of hydrogen-bond donors (Lipinski definition) is 0. The van der Waals surface area contributed by atoms with Crippen LogP contribution in [0.3, 0.4) is 0 Å². The molecule has 0 fully saturated rings. The van der Waals surface area contributed by atoms with Crippen molar-refractivity contribution in [3.8, 4) is 5.69 Å². The highest BCUT2D eigenvalue weighted by Crippen LogP contribution is 2.30. The quantitative estimate of drug-likeness (QED) is 0.625. The lowest BCUT2D eigenvalue weighted by Gasteiger charge is -2.11. The lowest BCUT2D eigenvalue weighted by atomic mass is 10.2. The molecule has 0 aliphatic carbocycles. The molecule has 0 aliphatic heterocycles. The maximum Gasteiger partial charge on any atom is 0.151 e. The maximum absolute atomic E-state index is 14.1. The number of para-hydroxylation sites is 1. The number of rotatable bonds is 2. The summed E-state index contributed by atoms with van der Waals surface area (Å²) >= 11 is 6.06. The van der Waals surface area contributed by atoms with Gasteiger partial charge in [0.1, 0.15) is 23.0 Å². The third-order valence-electron chi connectivity index (χ3n) is 3.17. The Labute approximate surface area is 123 Å². The smallest absolute Gasteiger partial charge is 0.151 e. The number of aromatic nitrogens is 2. The molecule has 0 amide bonds. The minimum Gasteiger partial charge on any atom is -0.292 e. The normalized spacial score (nSPS) is 12.8. The highest BCUT2D eigenvalue weighted by molar-refractivity contribution is 6.20. The summed E-state index contributed by atoms with van der Waals surface area (Å²) in [5.74, 6) is -1.68. The van der Waals surface area contributed by atoms with E-state index < -0.39 is 22.8 Å². The van der Waals surface area contributed by atoms with E-state index in [4.69, 9.17) is 11.6 Å². The average Bonchev–Trinajstić information content (AvgIpc) is 2.80. The molecule has 2 nitrogen and oxygen atoms in total. The first-order chi connectivity index (χ1) is 9.99. The molecule has 2 aromatic carbocycles. The van der Waals surface area contributed by atoms with Crippen LogP contribution in [0.5, 0.6) is 0 Å². The minimum atomic E-state index is -0.767. The molecule has 0 radical (unpaired) electrons. The van der Waals surface area contributed by atoms with Gasteiger partial charge in [0.05, 0.1) is 16.6 Å². The van der Waals surface area contributed by atoms with E-state index in [-0.39, 0.29) is 11.2 Å². The number of imidazole rings is 1. The summed E-state index contributed by atoms with van der Waals surface area (Å²) in [6.07, 6.45) is 0. The Morgan fingerprint density at radius 3 is 2.52 bits per heavy atom. The maximum atomic E-state index is 14.1. The molecule has 21 heavy (non-hydrogen) atoms. The zero-order chi connectivity index (χ0) is 15.1. The number of benzene rings is 2. The second-order valence-electron chi connectivity index (χ2n) is 4.62. The SMILES string of the molecule is CC(Cl)c1nc2c(F)cccc2n1-c1ccc(F)cc1F. The van der Waals surface area contributed by atoms with Crippen LogP contribution in [0.25, 0.3) is 16.7 Å². The molecule has 0 saturated carbocycles. The van der Waals surface area contributed by atoms with Gasteiger partial charge in [-0.25, -0.2) is 18.2 Å². The summed E-state index contributed by atoms with van der Waals surface area (Å²) in [6, 6.07) is 7.55. The molecule has 6 heteroatoms. The van der Waals surface area contributed by atoms with Crippen molar-refractivity contribution in [3.05, 3.63) is 59.7 Å². The van der Waals surface area contributed by atoms with Crippen LogP contribution < -0.4 is 0 Å². The molecule has 0 spiro atoms. The third-order valence-corrected chi connectivity index (χ3v) is 3.36. The van der Waals surface area contributed by atoms with Gasteiger partial charge in [-0.05, 0) is 31.2 Å². The van der Waals surface area contributed by atoms with E-state index in [1.165, 1.54) is 22.8 Å². The van der Waals surface area contributed by atoms with Crippen molar-refractivity contribution in [3.63, 3.8) is 0 Å². The van der Waals surface area contributed by atoms with Crippen molar-refractivity contribution in [1.82, 2.24) is 9.55 Å². The van der Waals surface area contributed by atoms with Crippen molar-refractivity contribution in [2.24, 2.45) is 0 Å². The first-order valence-electron chi connectivity index (χ1n) is 6.25. The molecule has 108 valence electrons. The van der Waals surface area contributed by atoms with Crippen molar-refractivity contribution in [1.29, 1.82) is 0 Å². The summed E-state index contributed by atoms with van der Waals surface area (Å²) < 4.78 is 42.4. The van der Waals surface area contributed by atoms with Gasteiger partial charge in [-0.3, -0.25) is 4.57 Å². The Balaban J connectivity index is 2.39. The van der Waals surface area contributed by atoms with Gasteiger partial charge in [-0.2, -0.15) is 0 Å². The predicted molar refractivity (Wildman–Crippen MR) is 75.2 cm³/mol. The fourth-order valence-electron chi connectivity index (χ4n) is 2.27. The van der Waals surface area contributed by atoms with Crippen LogP contribution in [0.15, 0.2) is 36.4 Å². The van der Waals surface area contributed by atoms with E-state index in [0.29, 0.717) is 11.3 Å². The molecule has 1 atom stereocenters. The number of fused-ring (bicyclic) bond motifs is 1. The fourth-order valence-corrected chi connectivity index (χ4v) is 2.41. The van der Waals surface area contributed by atoms with Gasteiger partial charge >= 0.3 is 0 Å². The molecule has 3 rings (SSSR count). The Morgan fingerprint density at radius 2 is 1.86 bits per heavy atom. The van der Waals surface area contributed by atoms with Crippen LogP contribution in [-0.4, -0.2) is 9.55 Å². The number of hydrogen-bond acceptors (Lipinski definition) is 1. The molecule has 1 heterocycles. The van der Waals surface area contributed by atoms with Crippen LogP contribution >= 0.6 is 11.6 Å². The molecule has 1 aromatic heterocycles. The third kappa shape index (κ3) is 2.27. The van der Waals surface area contributed by atoms with Gasteiger partial charge in [0.15, 0.2) is 5.82 Å². The topological polar surface area (TPSA) is 17.8 Å². The summed E-state index contributed by atoms with van der Waals surface area (Å²) in [5.41, 5.74) is 0.554. The highest BCUT2D eigenvalue weighted by atomic mass is 35.5. The molecule has 3 aromatic rings. The molecule has 0 saturated heterocycles. The minimum absolute atomic E-state index is 0.0759. The Morgan fingerprint density at radius 1 is 1.10 bits per heavy atom. The largest absolute Gasteiger partial charge is 0.292 e. The summed E-state index contributed by atoms with van der Waals surface area (Å²) in [7, 11) is 0. The molecule has 0 bridgehead atoms. The van der Waals surface area contributed by atoms with Gasteiger partial charge in [0.2, 0.25) is 0 Å². The van der Waals surface area contributed by atoms with Crippen molar-refractivity contribution in [2.75, 3.05) is 0 Å². The van der Waals surface area contributed by atoms with E-state index in [9.17, 15) is 13.2 Å². The lowest BCUT2D eigenvalue weighted by molar-refractivity contribution is 0.577. The predicted octanol–water partition coefficient (Wildman–Crippen LogP) is 4.74. The molecular weight excluding hydrogens is 301 g/mol. The molecule has 0 N–H and O–H groups in total. The summed E-state index contributed by atoms with van der Waals surface area (Å²) in [5, 5.41) is -0.568. The first kappa shape index (κ1) is 13.9. The monoisotopic (exact) mass is 310 g/mol. The van der Waals surface area contributed by atoms with Crippen LogP contribution in [0, 0.1) is 17.5 Å². The second-order valence-corrected chi connectivity index (χ2v) is 5.28. The zero-order valence-electron chi connectivity index (χ0n) is 10.9. The van der Waals surface area contributed by atoms with Crippen molar-refractivity contribution < 1.29 is 13.2 Å². The van der Waals surface area contributed by atoms with E-state index in [1.807, 2.05) is 0 Å². The standard InChI is InChI=1S/C15H10ClF3N2/c1-8(16)15-20-14-10(18)3-2-4-13(14)21(15)12-6-5-9(17)7-11(12)19/h2-8H,1H3. The van der Waals surface area contributed by atoms with Crippen LogP contribution in [0.2, 0.25) is 0 Å². The van der Waals surface area contributed by atoms with Crippen molar-refractivity contribution >= 4 is 22.6 Å². The molecular formula is C15H10ClF3N2. The first-order valence-corrected chi connectivity index (χ1v) is 6.69. The van der Waals surface area contributed by atoms with E-state index in [0.717, 1.165) is 12.1 Å². The zero-order valence-corrected chi connectivity index (χ0v) is 11.7. The van der Waals surface area contributed by atoms with E-state index in [1.54, 1.807) is 13.0 Å². The van der Waals surface area contributed by atoms with Gasteiger partial charge < -0.3 is 0 Å². The van der Waals surface area contributed by atoms with Crippen molar-refractivity contribution in [2.45, 2.75) is 12.3 Å². The highest BCUT2D eigenvalue weighted by Gasteiger charge is 2.20. The van der Waals surface area contributed by atoms with E-state index >= 15 is 0 Å². The van der Waals surface area contributed by atoms with Crippen LogP contribution in [0.1, 0.15) is 18.1 Å². The molecule has 1 unspecified atom stereocenters. The summed E-state index contributed by atoms with van der Waals surface area (Å²) in [4.78, 5) is 4.15. The number of halogens is 4. The summed E-state index contributed by atoms with van der Waals surface area (Å²) in [6.45, 7) is 1.65. The number of nitrogens with zero attached hydrogens (tertiary/aromatic N) is 2. The molecule has 0 aliphatic rings. The van der Waals surface area contributed by atoms with Gasteiger partial charge in [-0.15, -0.1) is 11.6 Å². The lowest BCUT2D eigenvalue weighted by Crippen LogP contribution is -2.04. The fraction of sp³-hybridized carbons (Fsp3) is 0.133. The van der Waals surface area contributed by atoms with Gasteiger partial charge in [0, 0.05) is 6.07 Å². The van der Waals surface area contributed by atoms with E-state index in [2.05, 4.69) is 4.98 Å². The van der Waals surface area contributed by atoms with Gasteiger partial charge in [0.25, 0.3) is 0 Å². The Bertz CT molecular complexity index is 827. The Kier molecular flexibility index (Phi) is 3.37. The van der Waals surface area contributed by atoms with Gasteiger partial charge in [-0.1, -0.05) is 6.07 Å². The van der Waals surface area contributed by atoms with Crippen LogP contribution in [0.4, 0.5) is 13.2 Å². The number of alkyl halides is 1.